The second-order valence-electron chi connectivity index (χ2n) is 7.63. The van der Waals surface area contributed by atoms with Crippen LogP contribution in [0.5, 0.6) is 0 Å². The molecule has 1 aromatic carbocycles. The Morgan fingerprint density at radius 2 is 1.68 bits per heavy atom. The van der Waals surface area contributed by atoms with Crippen molar-refractivity contribution >= 4 is 16.5 Å². The standard InChI is InChI=1S/C20H26N2/c1-11(2)13(4)18-14(5)19-17-15(20(18,6)7)8-12(3)9-16(17)21-10-22-19/h8-11,13H,1-7H3. The summed E-state index contributed by atoms with van der Waals surface area (Å²) in [5.74, 6) is 1.15. The highest BCUT2D eigenvalue weighted by atomic mass is 14.8. The molecule has 22 heavy (non-hydrogen) atoms. The van der Waals surface area contributed by atoms with Gasteiger partial charge < -0.3 is 0 Å². The summed E-state index contributed by atoms with van der Waals surface area (Å²) in [4.78, 5) is 9.15. The van der Waals surface area contributed by atoms with Gasteiger partial charge in [-0.1, -0.05) is 46.3 Å². The predicted octanol–water partition coefficient (Wildman–Crippen LogP) is 5.30. The molecule has 1 aliphatic rings. The van der Waals surface area contributed by atoms with Crippen molar-refractivity contribution in [2.45, 2.75) is 53.9 Å². The van der Waals surface area contributed by atoms with Crippen LogP contribution in [0, 0.1) is 18.8 Å². The van der Waals surface area contributed by atoms with Crippen LogP contribution >= 0.6 is 0 Å². The van der Waals surface area contributed by atoms with Gasteiger partial charge in [0.25, 0.3) is 0 Å². The van der Waals surface area contributed by atoms with Crippen molar-refractivity contribution in [3.05, 3.63) is 40.9 Å². The lowest BCUT2D eigenvalue weighted by molar-refractivity contribution is 0.419. The van der Waals surface area contributed by atoms with Crippen molar-refractivity contribution in [1.29, 1.82) is 0 Å². The average molecular weight is 294 g/mol. The van der Waals surface area contributed by atoms with Gasteiger partial charge in [0.15, 0.2) is 0 Å². The van der Waals surface area contributed by atoms with E-state index in [0.717, 1.165) is 11.2 Å². The van der Waals surface area contributed by atoms with Gasteiger partial charge >= 0.3 is 0 Å². The van der Waals surface area contributed by atoms with Crippen molar-refractivity contribution < 1.29 is 0 Å². The molecule has 2 heteroatoms. The maximum atomic E-state index is 4.64. The van der Waals surface area contributed by atoms with E-state index in [2.05, 4.69) is 70.6 Å². The first-order chi connectivity index (χ1) is 10.2. The Morgan fingerprint density at radius 1 is 1.00 bits per heavy atom. The summed E-state index contributed by atoms with van der Waals surface area (Å²) in [5.41, 5.74) is 7.75. The highest BCUT2D eigenvalue weighted by molar-refractivity contribution is 5.97. The molecular formula is C20H26N2. The molecule has 2 nitrogen and oxygen atoms in total. The van der Waals surface area contributed by atoms with Crippen LogP contribution in [-0.4, -0.2) is 9.97 Å². The molecule has 0 saturated heterocycles. The molecule has 0 bridgehead atoms. The fourth-order valence-electron chi connectivity index (χ4n) is 4.09. The third kappa shape index (κ3) is 2.00. The quantitative estimate of drug-likeness (QED) is 0.751. The smallest absolute Gasteiger partial charge is 0.116 e. The van der Waals surface area contributed by atoms with E-state index in [4.69, 9.17) is 0 Å². The Kier molecular flexibility index (Phi) is 3.39. The fraction of sp³-hybridized carbons (Fsp3) is 0.500. The predicted molar refractivity (Wildman–Crippen MR) is 93.9 cm³/mol. The van der Waals surface area contributed by atoms with Crippen LogP contribution in [0.4, 0.5) is 0 Å². The van der Waals surface area contributed by atoms with Crippen LogP contribution < -0.4 is 0 Å². The molecule has 0 saturated carbocycles. The Balaban J connectivity index is 2.43. The summed E-state index contributed by atoms with van der Waals surface area (Å²) in [5, 5.41) is 1.25. The number of allylic oxidation sites excluding steroid dienone is 2. The van der Waals surface area contributed by atoms with E-state index in [9.17, 15) is 0 Å². The van der Waals surface area contributed by atoms with Crippen LogP contribution in [0.1, 0.15) is 58.4 Å². The van der Waals surface area contributed by atoms with Gasteiger partial charge in [-0.05, 0) is 48.4 Å². The van der Waals surface area contributed by atoms with E-state index in [1.165, 1.54) is 27.7 Å². The molecule has 116 valence electrons. The zero-order chi connectivity index (χ0) is 16.2. The Hall–Kier alpha value is -1.70. The van der Waals surface area contributed by atoms with Gasteiger partial charge in [0, 0.05) is 10.8 Å². The lowest BCUT2D eigenvalue weighted by Crippen LogP contribution is -2.31. The van der Waals surface area contributed by atoms with Crippen molar-refractivity contribution in [2.75, 3.05) is 0 Å². The molecule has 0 fully saturated rings. The molecule has 1 atom stereocenters. The van der Waals surface area contributed by atoms with E-state index in [0.29, 0.717) is 11.8 Å². The summed E-state index contributed by atoms with van der Waals surface area (Å²) < 4.78 is 0. The van der Waals surface area contributed by atoms with Crippen LogP contribution in [0.25, 0.3) is 16.5 Å². The van der Waals surface area contributed by atoms with Crippen molar-refractivity contribution in [1.82, 2.24) is 9.97 Å². The molecule has 1 unspecified atom stereocenters. The van der Waals surface area contributed by atoms with E-state index in [1.807, 2.05) is 0 Å². The minimum atomic E-state index is 0.0236. The van der Waals surface area contributed by atoms with E-state index >= 15 is 0 Å². The molecule has 0 amide bonds. The van der Waals surface area contributed by atoms with Crippen LogP contribution in [0.2, 0.25) is 0 Å². The summed E-state index contributed by atoms with van der Waals surface area (Å²) >= 11 is 0. The first kappa shape index (κ1) is 15.2. The van der Waals surface area contributed by atoms with Gasteiger partial charge in [-0.3, -0.25) is 0 Å². The normalized spacial score (nSPS) is 18.2. The Bertz CT molecular complexity index is 782. The molecule has 2 aromatic rings. The summed E-state index contributed by atoms with van der Waals surface area (Å²) in [6.07, 6.45) is 1.71. The van der Waals surface area contributed by atoms with Crippen molar-refractivity contribution in [2.24, 2.45) is 11.8 Å². The molecule has 3 rings (SSSR count). The Labute approximate surface area is 133 Å². The zero-order valence-corrected chi connectivity index (χ0v) is 14.8. The topological polar surface area (TPSA) is 25.8 Å². The SMILES string of the molecule is CC1=C(C(C)C(C)C)C(C)(C)c2cc(C)cc3ncnc1c23. The number of rotatable bonds is 2. The number of nitrogens with zero attached hydrogens (tertiary/aromatic N) is 2. The molecule has 0 N–H and O–H groups in total. The first-order valence-corrected chi connectivity index (χ1v) is 8.22. The minimum Gasteiger partial charge on any atom is -0.236 e. The van der Waals surface area contributed by atoms with Crippen LogP contribution in [0.15, 0.2) is 24.0 Å². The molecule has 1 heterocycles. The second kappa shape index (κ2) is 4.91. The largest absolute Gasteiger partial charge is 0.236 e. The van der Waals surface area contributed by atoms with Gasteiger partial charge in [0.2, 0.25) is 0 Å². The lowest BCUT2D eigenvalue weighted by atomic mass is 9.64. The zero-order valence-electron chi connectivity index (χ0n) is 14.8. The van der Waals surface area contributed by atoms with Crippen molar-refractivity contribution in [3.63, 3.8) is 0 Å². The van der Waals surface area contributed by atoms with Gasteiger partial charge in [0.05, 0.1) is 11.2 Å². The van der Waals surface area contributed by atoms with Gasteiger partial charge in [-0.15, -0.1) is 0 Å². The lowest BCUT2D eigenvalue weighted by Gasteiger charge is -2.40. The van der Waals surface area contributed by atoms with Gasteiger partial charge in [-0.25, -0.2) is 9.97 Å². The summed E-state index contributed by atoms with van der Waals surface area (Å²) in [6, 6.07) is 4.50. The third-order valence-corrected chi connectivity index (χ3v) is 5.44. The second-order valence-corrected chi connectivity index (χ2v) is 7.63. The van der Waals surface area contributed by atoms with Crippen LogP contribution in [-0.2, 0) is 5.41 Å². The monoisotopic (exact) mass is 294 g/mol. The Morgan fingerprint density at radius 3 is 2.32 bits per heavy atom. The van der Waals surface area contributed by atoms with Gasteiger partial charge in [-0.2, -0.15) is 0 Å². The molecule has 0 radical (unpaired) electrons. The average Bonchev–Trinajstić information content (AvgIpc) is 2.43. The molecule has 0 spiro atoms. The number of aryl methyl sites for hydroxylation is 1. The van der Waals surface area contributed by atoms with E-state index < -0.39 is 0 Å². The molecular weight excluding hydrogens is 268 g/mol. The maximum absolute atomic E-state index is 4.64. The maximum Gasteiger partial charge on any atom is 0.116 e. The van der Waals surface area contributed by atoms with Crippen molar-refractivity contribution in [3.8, 4) is 0 Å². The van der Waals surface area contributed by atoms with E-state index in [1.54, 1.807) is 6.33 Å². The summed E-state index contributed by atoms with van der Waals surface area (Å²) in [7, 11) is 0. The first-order valence-electron chi connectivity index (χ1n) is 8.22. The highest BCUT2D eigenvalue weighted by Crippen LogP contribution is 2.49. The third-order valence-electron chi connectivity index (χ3n) is 5.44. The molecule has 0 aliphatic heterocycles. The molecule has 1 aliphatic carbocycles. The number of hydrogen-bond donors (Lipinski definition) is 0. The molecule has 1 aromatic heterocycles. The summed E-state index contributed by atoms with van der Waals surface area (Å²) in [6.45, 7) is 16.1. The minimum absolute atomic E-state index is 0.0236. The van der Waals surface area contributed by atoms with Gasteiger partial charge in [0.1, 0.15) is 6.33 Å². The number of benzene rings is 1. The highest BCUT2D eigenvalue weighted by Gasteiger charge is 2.38. The van der Waals surface area contributed by atoms with Crippen LogP contribution in [0.3, 0.4) is 0 Å². The fourth-order valence-corrected chi connectivity index (χ4v) is 4.09. The van der Waals surface area contributed by atoms with E-state index in [-0.39, 0.29) is 5.41 Å². The number of hydrogen-bond acceptors (Lipinski definition) is 2. The number of aromatic nitrogens is 2.